The van der Waals surface area contributed by atoms with Crippen LogP contribution in [0.4, 0.5) is 0 Å². The molecule has 4 heteroatoms. The van der Waals surface area contributed by atoms with Crippen LogP contribution in [0, 0.1) is 5.41 Å². The summed E-state index contributed by atoms with van der Waals surface area (Å²) in [5, 5.41) is 2.97. The summed E-state index contributed by atoms with van der Waals surface area (Å²) in [6, 6.07) is 7.94. The average molecular weight is 314 g/mol. The molecule has 0 bridgehead atoms. The van der Waals surface area contributed by atoms with Crippen LogP contribution in [0.5, 0.6) is 0 Å². The molecule has 2 nitrogen and oxygen atoms in total. The Labute approximate surface area is 116 Å². The highest BCUT2D eigenvalue weighted by Crippen LogP contribution is 2.49. The van der Waals surface area contributed by atoms with Crippen molar-refractivity contribution in [3.8, 4) is 0 Å². The van der Waals surface area contributed by atoms with Gasteiger partial charge < -0.3 is 5.32 Å². The first-order valence-corrected chi connectivity index (χ1v) is 7.19. The first-order valence-electron chi connectivity index (χ1n) is 5.76. The van der Waals surface area contributed by atoms with Gasteiger partial charge in [-0.3, -0.25) is 4.79 Å². The number of carbonyl (C=O) groups is 1. The second-order valence-corrected chi connectivity index (χ2v) is 5.87. The van der Waals surface area contributed by atoms with Gasteiger partial charge in [0.1, 0.15) is 0 Å². The number of amides is 1. The second-order valence-electron chi connectivity index (χ2n) is 4.70. The van der Waals surface area contributed by atoms with Crippen molar-refractivity contribution in [1.29, 1.82) is 0 Å². The van der Waals surface area contributed by atoms with Crippen LogP contribution in [-0.4, -0.2) is 11.7 Å². The van der Waals surface area contributed by atoms with E-state index < -0.39 is 0 Å². The smallest absolute Gasteiger partial charge is 0.220 e. The molecule has 1 aliphatic carbocycles. The third kappa shape index (κ3) is 3.49. The third-order valence-electron chi connectivity index (χ3n) is 3.26. The number of carbonyl (C=O) groups excluding carboxylic acids is 1. The summed E-state index contributed by atoms with van der Waals surface area (Å²) in [5.74, 6) is 0.947. The molecule has 1 aliphatic rings. The van der Waals surface area contributed by atoms with E-state index in [1.165, 1.54) is 0 Å². The van der Waals surface area contributed by atoms with Crippen molar-refractivity contribution in [3.63, 3.8) is 0 Å². The summed E-state index contributed by atoms with van der Waals surface area (Å²) in [6.45, 7) is 0.586. The Morgan fingerprint density at radius 1 is 1.41 bits per heavy atom. The van der Waals surface area contributed by atoms with Crippen LogP contribution in [0.3, 0.4) is 0 Å². The lowest BCUT2D eigenvalue weighted by atomic mass is 10.1. The van der Waals surface area contributed by atoms with Gasteiger partial charge in [-0.15, -0.1) is 0 Å². The van der Waals surface area contributed by atoms with Crippen molar-refractivity contribution in [2.45, 2.75) is 25.8 Å². The van der Waals surface area contributed by atoms with Crippen LogP contribution in [0.1, 0.15) is 24.8 Å². The summed E-state index contributed by atoms with van der Waals surface area (Å²) in [6.07, 6.45) is 2.89. The molecule has 1 aromatic rings. The highest BCUT2D eigenvalue weighted by atomic mass is 79.9. The fourth-order valence-corrected chi connectivity index (χ4v) is 2.66. The molecule has 0 aliphatic heterocycles. The van der Waals surface area contributed by atoms with E-state index in [0.29, 0.717) is 13.0 Å². The number of rotatable bonds is 5. The maximum absolute atomic E-state index is 11.8. The number of halogens is 1. The Hall–Kier alpha value is -0.480. The van der Waals surface area contributed by atoms with Gasteiger partial charge in [-0.2, -0.15) is 12.6 Å². The van der Waals surface area contributed by atoms with Crippen LogP contribution in [0.15, 0.2) is 28.7 Å². The zero-order valence-electron chi connectivity index (χ0n) is 9.58. The maximum Gasteiger partial charge on any atom is 0.220 e. The first kappa shape index (κ1) is 13.0. The van der Waals surface area contributed by atoms with Gasteiger partial charge in [-0.1, -0.05) is 34.1 Å². The van der Waals surface area contributed by atoms with Gasteiger partial charge in [0.2, 0.25) is 5.91 Å². The molecule has 92 valence electrons. The molecule has 0 aromatic heterocycles. The molecule has 1 N–H and O–H groups in total. The molecule has 1 fully saturated rings. The zero-order valence-corrected chi connectivity index (χ0v) is 12.1. The molecule has 0 saturated heterocycles. The van der Waals surface area contributed by atoms with E-state index >= 15 is 0 Å². The summed E-state index contributed by atoms with van der Waals surface area (Å²) in [5.41, 5.74) is 1.30. The van der Waals surface area contributed by atoms with Gasteiger partial charge in [0.25, 0.3) is 0 Å². The van der Waals surface area contributed by atoms with Gasteiger partial charge in [0.15, 0.2) is 0 Å². The SMILES string of the molecule is O=C(CC1(CS)CC1)NCc1ccccc1Br. The van der Waals surface area contributed by atoms with Crippen molar-refractivity contribution in [2.24, 2.45) is 5.41 Å². The van der Waals surface area contributed by atoms with E-state index in [-0.39, 0.29) is 11.3 Å². The number of thiol groups is 1. The fourth-order valence-electron chi connectivity index (χ4n) is 1.81. The molecule has 0 radical (unpaired) electrons. The van der Waals surface area contributed by atoms with Crippen LogP contribution in [-0.2, 0) is 11.3 Å². The van der Waals surface area contributed by atoms with Crippen molar-refractivity contribution in [3.05, 3.63) is 34.3 Å². The van der Waals surface area contributed by atoms with E-state index in [2.05, 4.69) is 33.9 Å². The molecule has 1 amide bonds. The van der Waals surface area contributed by atoms with Crippen LogP contribution in [0.25, 0.3) is 0 Å². The van der Waals surface area contributed by atoms with Crippen molar-refractivity contribution in [1.82, 2.24) is 5.32 Å². The largest absolute Gasteiger partial charge is 0.352 e. The Morgan fingerprint density at radius 2 is 2.12 bits per heavy atom. The monoisotopic (exact) mass is 313 g/mol. The van der Waals surface area contributed by atoms with Crippen molar-refractivity contribution < 1.29 is 4.79 Å². The molecule has 0 unspecified atom stereocenters. The molecule has 17 heavy (non-hydrogen) atoms. The van der Waals surface area contributed by atoms with Gasteiger partial charge >= 0.3 is 0 Å². The molecular weight excluding hydrogens is 298 g/mol. The standard InChI is InChI=1S/C13H16BrNOS/c14-11-4-2-1-3-10(11)8-15-12(16)7-13(9-17)5-6-13/h1-4,17H,5-9H2,(H,15,16). The van der Waals surface area contributed by atoms with Crippen molar-refractivity contribution >= 4 is 34.5 Å². The lowest BCUT2D eigenvalue weighted by Crippen LogP contribution is -2.26. The minimum absolute atomic E-state index is 0.132. The summed E-state index contributed by atoms with van der Waals surface area (Å²) in [7, 11) is 0. The Balaban J connectivity index is 1.82. The number of hydrogen-bond acceptors (Lipinski definition) is 2. The molecule has 1 saturated carbocycles. The topological polar surface area (TPSA) is 29.1 Å². The second kappa shape index (κ2) is 5.44. The lowest BCUT2D eigenvalue weighted by molar-refractivity contribution is -0.122. The van der Waals surface area contributed by atoms with E-state index in [1.807, 2.05) is 24.3 Å². The van der Waals surface area contributed by atoms with E-state index in [1.54, 1.807) is 0 Å². The summed E-state index contributed by atoms with van der Waals surface area (Å²) < 4.78 is 1.04. The molecule has 2 rings (SSSR count). The highest BCUT2D eigenvalue weighted by molar-refractivity contribution is 9.10. The number of nitrogens with one attached hydrogen (secondary N) is 1. The van der Waals surface area contributed by atoms with Crippen LogP contribution >= 0.6 is 28.6 Å². The molecule has 0 heterocycles. The van der Waals surface area contributed by atoms with Gasteiger partial charge in [0.05, 0.1) is 0 Å². The molecule has 0 spiro atoms. The quantitative estimate of drug-likeness (QED) is 0.803. The van der Waals surface area contributed by atoms with E-state index in [0.717, 1.165) is 28.6 Å². The predicted molar refractivity (Wildman–Crippen MR) is 76.1 cm³/mol. The van der Waals surface area contributed by atoms with E-state index in [4.69, 9.17) is 0 Å². The summed E-state index contributed by atoms with van der Waals surface area (Å²) >= 11 is 7.78. The van der Waals surface area contributed by atoms with Crippen LogP contribution in [0.2, 0.25) is 0 Å². The molecule has 1 aromatic carbocycles. The summed E-state index contributed by atoms with van der Waals surface area (Å²) in [4.78, 5) is 11.8. The lowest BCUT2D eigenvalue weighted by Gasteiger charge is -2.12. The first-order chi connectivity index (χ1) is 8.15. The third-order valence-corrected chi connectivity index (χ3v) is 4.71. The van der Waals surface area contributed by atoms with Gasteiger partial charge in [0, 0.05) is 17.4 Å². The van der Waals surface area contributed by atoms with Gasteiger partial charge in [-0.25, -0.2) is 0 Å². The van der Waals surface area contributed by atoms with Crippen molar-refractivity contribution in [2.75, 3.05) is 5.75 Å². The van der Waals surface area contributed by atoms with Crippen LogP contribution < -0.4 is 5.32 Å². The highest BCUT2D eigenvalue weighted by Gasteiger charge is 2.42. The Bertz CT molecular complexity index is 418. The minimum Gasteiger partial charge on any atom is -0.352 e. The van der Waals surface area contributed by atoms with E-state index in [9.17, 15) is 4.79 Å². The normalized spacial score (nSPS) is 16.6. The zero-order chi connectivity index (χ0) is 12.3. The molecule has 0 atom stereocenters. The molecular formula is C13H16BrNOS. The van der Waals surface area contributed by atoms with Gasteiger partial charge in [-0.05, 0) is 35.6 Å². The Morgan fingerprint density at radius 3 is 2.71 bits per heavy atom. The Kier molecular flexibility index (Phi) is 4.15. The average Bonchev–Trinajstić information content (AvgIpc) is 3.08. The minimum atomic E-state index is 0.132. The fraction of sp³-hybridized carbons (Fsp3) is 0.462. The number of benzene rings is 1. The maximum atomic E-state index is 11.8. The number of hydrogen-bond donors (Lipinski definition) is 2. The predicted octanol–water partition coefficient (Wildman–Crippen LogP) is 3.17.